The molecule has 0 rings (SSSR count). The summed E-state index contributed by atoms with van der Waals surface area (Å²) in [5.41, 5.74) is 0. The van der Waals surface area contributed by atoms with E-state index < -0.39 is 12.1 Å². The molecule has 0 spiro atoms. The maximum absolute atomic E-state index is 12.5. The van der Waals surface area contributed by atoms with Gasteiger partial charge in [0.25, 0.3) is 0 Å². The van der Waals surface area contributed by atoms with E-state index in [0.717, 1.165) is 57.8 Å². The zero-order valence-corrected chi connectivity index (χ0v) is 52.2. The van der Waals surface area contributed by atoms with Gasteiger partial charge < -0.3 is 20.3 Å². The second-order valence-corrected chi connectivity index (χ2v) is 24.2. The standard InChI is InChI=1S/C71H137NO5/c1-3-5-7-9-11-13-15-17-19-21-23-24-25-26-28-31-35-39-43-47-51-55-59-63-69(74)68(67-73)72-70(75)64-60-56-52-48-44-40-36-32-29-30-34-38-42-46-50-54-58-62-66-77-71(76)65-61-57-53-49-45-41-37-33-27-22-20-18-16-14-12-10-8-6-4-2/h32,36,59,63,68-69,73-74H,3-31,33-35,37-58,60-62,64-67H2,1-2H3,(H,72,75)/b36-32-,63-59+. The molecule has 0 aromatic heterocycles. The minimum Gasteiger partial charge on any atom is -0.466 e. The van der Waals surface area contributed by atoms with Crippen LogP contribution in [0.1, 0.15) is 393 Å². The predicted molar refractivity (Wildman–Crippen MR) is 338 cm³/mol. The van der Waals surface area contributed by atoms with Crippen LogP contribution >= 0.6 is 0 Å². The summed E-state index contributed by atoms with van der Waals surface area (Å²) in [6.45, 7) is 4.93. The molecule has 0 fully saturated rings. The number of unbranched alkanes of at least 4 members (excludes halogenated alkanes) is 53. The fraction of sp³-hybridized carbons (Fsp3) is 0.915. The smallest absolute Gasteiger partial charge is 0.305 e. The molecular formula is C71H137NO5. The van der Waals surface area contributed by atoms with E-state index >= 15 is 0 Å². The van der Waals surface area contributed by atoms with Gasteiger partial charge in [-0.25, -0.2) is 0 Å². The normalized spacial score (nSPS) is 12.6. The van der Waals surface area contributed by atoms with Crippen LogP contribution in [0.3, 0.4) is 0 Å². The number of amides is 1. The van der Waals surface area contributed by atoms with Gasteiger partial charge >= 0.3 is 5.97 Å². The van der Waals surface area contributed by atoms with Crippen molar-refractivity contribution in [2.45, 2.75) is 405 Å². The van der Waals surface area contributed by atoms with Crippen LogP contribution in [0.4, 0.5) is 0 Å². The van der Waals surface area contributed by atoms with Gasteiger partial charge in [0, 0.05) is 12.8 Å². The van der Waals surface area contributed by atoms with E-state index in [4.69, 9.17) is 4.74 Å². The van der Waals surface area contributed by atoms with Crippen LogP contribution in [0.15, 0.2) is 24.3 Å². The highest BCUT2D eigenvalue weighted by molar-refractivity contribution is 5.76. The van der Waals surface area contributed by atoms with Crippen molar-refractivity contribution in [1.82, 2.24) is 5.32 Å². The van der Waals surface area contributed by atoms with Crippen LogP contribution in [0.2, 0.25) is 0 Å². The second-order valence-electron chi connectivity index (χ2n) is 24.2. The third-order valence-electron chi connectivity index (χ3n) is 16.5. The Labute approximate surface area is 481 Å². The van der Waals surface area contributed by atoms with E-state index in [2.05, 4.69) is 31.3 Å². The van der Waals surface area contributed by atoms with Crippen molar-refractivity contribution in [1.29, 1.82) is 0 Å². The van der Waals surface area contributed by atoms with Crippen LogP contribution in [-0.4, -0.2) is 47.4 Å². The van der Waals surface area contributed by atoms with Gasteiger partial charge in [0.1, 0.15) is 0 Å². The molecule has 0 aliphatic heterocycles. The summed E-state index contributed by atoms with van der Waals surface area (Å²) in [6.07, 6.45) is 83.9. The summed E-state index contributed by atoms with van der Waals surface area (Å²) in [6, 6.07) is -0.639. The third kappa shape index (κ3) is 63.4. The lowest BCUT2D eigenvalue weighted by Gasteiger charge is -2.20. The summed E-state index contributed by atoms with van der Waals surface area (Å²) in [4.78, 5) is 24.6. The lowest BCUT2D eigenvalue weighted by Crippen LogP contribution is -2.45. The van der Waals surface area contributed by atoms with Gasteiger partial charge in [-0.15, -0.1) is 0 Å². The number of aliphatic hydroxyl groups excluding tert-OH is 2. The van der Waals surface area contributed by atoms with Crippen molar-refractivity contribution < 1.29 is 24.5 Å². The lowest BCUT2D eigenvalue weighted by molar-refractivity contribution is -0.143. The molecule has 456 valence electrons. The maximum Gasteiger partial charge on any atom is 0.305 e. The number of carbonyl (C=O) groups is 2. The SMILES string of the molecule is CCCCCCCCCCCCCCCCCCCCCCC/C=C/C(O)C(CO)NC(=O)CCCCCCC/C=C\CCCCCCCCCCCOC(=O)CCCCCCCCCCCCCCCCCCCCC. The number of esters is 1. The molecule has 0 aromatic carbocycles. The Bertz CT molecular complexity index is 1200. The van der Waals surface area contributed by atoms with E-state index in [1.165, 1.54) is 308 Å². The summed E-state index contributed by atoms with van der Waals surface area (Å²) in [5, 5.41) is 23.2. The second kappa shape index (κ2) is 66.8. The molecule has 0 saturated carbocycles. The van der Waals surface area contributed by atoms with Crippen LogP contribution < -0.4 is 5.32 Å². The van der Waals surface area contributed by atoms with Gasteiger partial charge in [0.15, 0.2) is 0 Å². The summed E-state index contributed by atoms with van der Waals surface area (Å²) in [7, 11) is 0. The molecule has 77 heavy (non-hydrogen) atoms. The van der Waals surface area contributed by atoms with E-state index in [-0.39, 0.29) is 18.5 Å². The molecule has 0 aromatic rings. The molecule has 2 unspecified atom stereocenters. The van der Waals surface area contributed by atoms with Crippen molar-refractivity contribution in [3.05, 3.63) is 24.3 Å². The van der Waals surface area contributed by atoms with Crippen molar-refractivity contribution >= 4 is 11.9 Å². The highest BCUT2D eigenvalue weighted by Gasteiger charge is 2.18. The van der Waals surface area contributed by atoms with E-state index in [0.29, 0.717) is 19.4 Å². The molecule has 0 radical (unpaired) electrons. The number of hydrogen-bond donors (Lipinski definition) is 3. The van der Waals surface area contributed by atoms with E-state index in [9.17, 15) is 19.8 Å². The molecule has 6 nitrogen and oxygen atoms in total. The van der Waals surface area contributed by atoms with E-state index in [1.807, 2.05) is 6.08 Å². The fourth-order valence-corrected chi connectivity index (χ4v) is 11.1. The quantitative estimate of drug-likeness (QED) is 0.0320. The molecule has 0 aliphatic rings. The molecule has 0 heterocycles. The third-order valence-corrected chi connectivity index (χ3v) is 16.5. The molecule has 2 atom stereocenters. The predicted octanol–water partition coefficient (Wildman–Crippen LogP) is 22.5. The highest BCUT2D eigenvalue weighted by atomic mass is 16.5. The molecule has 0 bridgehead atoms. The van der Waals surface area contributed by atoms with Crippen molar-refractivity contribution in [2.24, 2.45) is 0 Å². The first-order chi connectivity index (χ1) is 38.0. The average Bonchev–Trinajstić information content (AvgIpc) is 3.43. The first-order valence-electron chi connectivity index (χ1n) is 35.1. The zero-order valence-electron chi connectivity index (χ0n) is 52.2. The van der Waals surface area contributed by atoms with Crippen LogP contribution in [0, 0.1) is 0 Å². The number of carbonyl (C=O) groups excluding carboxylic acids is 2. The minimum absolute atomic E-state index is 0.00791. The fourth-order valence-electron chi connectivity index (χ4n) is 11.1. The zero-order chi connectivity index (χ0) is 55.7. The molecule has 1 amide bonds. The first kappa shape index (κ1) is 75.3. The van der Waals surface area contributed by atoms with Gasteiger partial charge in [-0.3, -0.25) is 9.59 Å². The van der Waals surface area contributed by atoms with Gasteiger partial charge in [0.05, 0.1) is 25.4 Å². The van der Waals surface area contributed by atoms with Crippen LogP contribution in [0.25, 0.3) is 0 Å². The molecular weight excluding hydrogens is 947 g/mol. The van der Waals surface area contributed by atoms with Crippen LogP contribution in [-0.2, 0) is 14.3 Å². The molecule has 3 N–H and O–H groups in total. The topological polar surface area (TPSA) is 95.9 Å². The largest absolute Gasteiger partial charge is 0.466 e. The number of hydrogen-bond acceptors (Lipinski definition) is 5. The van der Waals surface area contributed by atoms with Gasteiger partial charge in [-0.05, 0) is 57.8 Å². The average molecular weight is 1080 g/mol. The van der Waals surface area contributed by atoms with Gasteiger partial charge in [-0.1, -0.05) is 346 Å². The Morgan fingerprint density at radius 3 is 0.922 bits per heavy atom. The van der Waals surface area contributed by atoms with Crippen molar-refractivity contribution in [3.63, 3.8) is 0 Å². The monoisotopic (exact) mass is 1080 g/mol. The first-order valence-corrected chi connectivity index (χ1v) is 35.1. The summed E-state index contributed by atoms with van der Waals surface area (Å²) < 4.78 is 5.50. The highest BCUT2D eigenvalue weighted by Crippen LogP contribution is 2.19. The summed E-state index contributed by atoms with van der Waals surface area (Å²) in [5.74, 6) is -0.0701. The number of aliphatic hydroxyl groups is 2. The maximum atomic E-state index is 12.5. The molecule has 6 heteroatoms. The number of rotatable bonds is 66. The Hall–Kier alpha value is -1.66. The number of nitrogens with one attached hydrogen (secondary N) is 1. The minimum atomic E-state index is -0.854. The van der Waals surface area contributed by atoms with Crippen molar-refractivity contribution in [2.75, 3.05) is 13.2 Å². The van der Waals surface area contributed by atoms with Crippen molar-refractivity contribution in [3.8, 4) is 0 Å². The lowest BCUT2D eigenvalue weighted by atomic mass is 10.0. The molecule has 0 aliphatic carbocycles. The Balaban J connectivity index is 3.44. The van der Waals surface area contributed by atoms with Gasteiger partial charge in [0.2, 0.25) is 5.91 Å². The summed E-state index contributed by atoms with van der Waals surface area (Å²) >= 11 is 0. The van der Waals surface area contributed by atoms with E-state index in [1.54, 1.807) is 6.08 Å². The molecule has 0 saturated heterocycles. The van der Waals surface area contributed by atoms with Gasteiger partial charge in [-0.2, -0.15) is 0 Å². The number of allylic oxidation sites excluding steroid dienone is 3. The number of ether oxygens (including phenoxy) is 1. The Kier molecular flexibility index (Phi) is 65.4. The Morgan fingerprint density at radius 1 is 0.351 bits per heavy atom. The Morgan fingerprint density at radius 2 is 0.610 bits per heavy atom. The van der Waals surface area contributed by atoms with Crippen LogP contribution in [0.5, 0.6) is 0 Å².